The number of ether oxygens (including phenoxy) is 8. The Balaban J connectivity index is 0.913. The van der Waals surface area contributed by atoms with Crippen molar-refractivity contribution in [1.82, 2.24) is 0 Å². The average Bonchev–Trinajstić information content (AvgIpc) is 3.79. The fourth-order valence-corrected chi connectivity index (χ4v) is 13.8. The van der Waals surface area contributed by atoms with Crippen LogP contribution in [0.15, 0.2) is 11.6 Å². The predicted octanol–water partition coefficient (Wildman–Crippen LogP) is 0.853. The van der Waals surface area contributed by atoms with Gasteiger partial charge < -0.3 is 78.7 Å². The lowest BCUT2D eigenvalue weighted by Gasteiger charge is -2.58. The third kappa shape index (κ3) is 7.10. The molecule has 5 aliphatic heterocycles. The molecule has 9 aliphatic rings. The SMILES string of the molecule is CC1OC(OC2C(O[C@H]3CC[C@@]4(C)C(=CC[C@H]5[C@@H]6C[C@@H]7O[C@]8(CC[C@@H](C)CO8)[C@@H](C)[C@@H]7[C@@]6(C)CC[C@@H]54)C3)OC(CO)C(OC3OC(CO)C(O)C3O)C2O)C(O)C(O)C1O. The lowest BCUT2D eigenvalue weighted by atomic mass is 9.47. The van der Waals surface area contributed by atoms with Crippen LogP contribution in [-0.2, 0) is 37.9 Å². The summed E-state index contributed by atoms with van der Waals surface area (Å²) in [5.74, 6) is 2.65. The lowest BCUT2D eigenvalue weighted by molar-refractivity contribution is -0.380. The van der Waals surface area contributed by atoms with Crippen molar-refractivity contribution in [3.63, 3.8) is 0 Å². The number of hydrogen-bond acceptors (Lipinski definition) is 16. The Kier molecular flexibility index (Phi) is 12.2. The van der Waals surface area contributed by atoms with Gasteiger partial charge in [-0.15, -0.1) is 0 Å². The summed E-state index contributed by atoms with van der Waals surface area (Å²) in [6, 6.07) is 0. The molecule has 9 rings (SSSR count). The maximum absolute atomic E-state index is 11.9. The minimum Gasteiger partial charge on any atom is -0.394 e. The Hall–Kier alpha value is -0.900. The molecule has 4 aliphatic carbocycles. The monoisotopic (exact) mass is 854 g/mol. The maximum atomic E-state index is 11.9. The van der Waals surface area contributed by atoms with E-state index in [0.29, 0.717) is 48.3 Å². The molecule has 8 N–H and O–H groups in total. The number of fused-ring (bicyclic) bond motifs is 7. The summed E-state index contributed by atoms with van der Waals surface area (Å²) in [5.41, 5.74) is 1.54. The predicted molar refractivity (Wildman–Crippen MR) is 208 cm³/mol. The molecular formula is C44H70O16. The molecule has 8 fully saturated rings. The molecule has 16 heteroatoms. The molecule has 60 heavy (non-hydrogen) atoms. The Bertz CT molecular complexity index is 1560. The fourth-order valence-electron chi connectivity index (χ4n) is 13.8. The summed E-state index contributed by atoms with van der Waals surface area (Å²) in [6.45, 7) is 10.7. The van der Waals surface area contributed by atoms with Gasteiger partial charge in [-0.2, -0.15) is 0 Å². The summed E-state index contributed by atoms with van der Waals surface area (Å²) >= 11 is 0. The maximum Gasteiger partial charge on any atom is 0.187 e. The fraction of sp³-hybridized carbons (Fsp3) is 0.955. The zero-order valence-electron chi connectivity index (χ0n) is 35.6. The third-order valence-corrected chi connectivity index (χ3v) is 17.3. The van der Waals surface area contributed by atoms with E-state index in [1.807, 2.05) is 0 Å². The molecule has 5 heterocycles. The number of aliphatic hydroxyl groups excluding tert-OH is 8. The Morgan fingerprint density at radius 3 is 2.10 bits per heavy atom. The third-order valence-electron chi connectivity index (χ3n) is 17.3. The molecule has 25 atom stereocenters. The highest BCUT2D eigenvalue weighted by Crippen LogP contribution is 2.70. The summed E-state index contributed by atoms with van der Waals surface area (Å²) in [4.78, 5) is 0. The highest BCUT2D eigenvalue weighted by Gasteiger charge is 2.69. The topological polar surface area (TPSA) is 236 Å². The Morgan fingerprint density at radius 2 is 1.40 bits per heavy atom. The van der Waals surface area contributed by atoms with Crippen molar-refractivity contribution in [1.29, 1.82) is 0 Å². The van der Waals surface area contributed by atoms with Gasteiger partial charge in [-0.25, -0.2) is 0 Å². The van der Waals surface area contributed by atoms with Crippen LogP contribution in [0.1, 0.15) is 92.4 Å². The quantitative estimate of drug-likeness (QED) is 0.158. The van der Waals surface area contributed by atoms with E-state index in [1.54, 1.807) is 0 Å². The molecule has 14 unspecified atom stereocenters. The van der Waals surface area contributed by atoms with Crippen molar-refractivity contribution >= 4 is 0 Å². The standard InChI is InChI=1S/C44H70O16/c1-19-8-13-44(53-18-19)20(2)30-27(60-44)15-26-24-7-6-22-14-23(9-11-42(22,4)25(24)10-12-43(26,30)5)55-41-38(59-39-35(51)33(49)31(47)21(3)54-39)36(52)37(29(17-46)57-41)58-40-34(50)32(48)28(16-45)56-40/h6,19-21,23-41,45-52H,7-18H2,1-5H3/t19-,20+,21?,23+,24-,25+,26+,27+,28?,29?,30+,31?,32?,33?,34?,35?,36?,37?,38?,39?,40?,41?,42+,43+,44-/m1/s1. The zero-order valence-corrected chi connectivity index (χ0v) is 35.6. The highest BCUT2D eigenvalue weighted by atomic mass is 16.8. The average molecular weight is 855 g/mol. The molecule has 16 nitrogen and oxygen atoms in total. The Labute approximate surface area is 352 Å². The van der Waals surface area contributed by atoms with E-state index >= 15 is 0 Å². The van der Waals surface area contributed by atoms with E-state index in [4.69, 9.17) is 37.9 Å². The molecule has 342 valence electrons. The van der Waals surface area contributed by atoms with Crippen molar-refractivity contribution in [3.05, 3.63) is 11.6 Å². The molecular weight excluding hydrogens is 784 g/mol. The number of rotatable bonds is 8. The molecule has 1 spiro atoms. The first kappa shape index (κ1) is 44.3. The van der Waals surface area contributed by atoms with Crippen LogP contribution in [0.4, 0.5) is 0 Å². The van der Waals surface area contributed by atoms with Gasteiger partial charge in [-0.1, -0.05) is 39.3 Å². The van der Waals surface area contributed by atoms with Gasteiger partial charge in [0.1, 0.15) is 61.0 Å². The van der Waals surface area contributed by atoms with Gasteiger partial charge >= 0.3 is 0 Å². The largest absolute Gasteiger partial charge is 0.394 e. The molecule has 0 bridgehead atoms. The first-order chi connectivity index (χ1) is 28.5. The summed E-state index contributed by atoms with van der Waals surface area (Å²) in [5, 5.41) is 84.8. The molecule has 5 saturated heterocycles. The van der Waals surface area contributed by atoms with E-state index in [1.165, 1.54) is 18.9 Å². The van der Waals surface area contributed by atoms with Crippen LogP contribution in [0.25, 0.3) is 0 Å². The second-order valence-corrected chi connectivity index (χ2v) is 20.6. The second-order valence-electron chi connectivity index (χ2n) is 20.6. The molecule has 0 amide bonds. The number of aliphatic hydroxyl groups is 8. The van der Waals surface area contributed by atoms with E-state index in [-0.39, 0.29) is 23.0 Å². The molecule has 3 saturated carbocycles. The summed E-state index contributed by atoms with van der Waals surface area (Å²) < 4.78 is 49.9. The van der Waals surface area contributed by atoms with Crippen molar-refractivity contribution in [3.8, 4) is 0 Å². The van der Waals surface area contributed by atoms with Crippen LogP contribution in [0.5, 0.6) is 0 Å². The molecule has 0 aromatic heterocycles. The minimum atomic E-state index is -1.70. The van der Waals surface area contributed by atoms with Crippen molar-refractivity contribution in [2.45, 2.75) is 196 Å². The van der Waals surface area contributed by atoms with Gasteiger partial charge in [0.15, 0.2) is 24.7 Å². The molecule has 0 radical (unpaired) electrons. The van der Waals surface area contributed by atoms with Gasteiger partial charge in [0.05, 0.1) is 38.1 Å². The highest BCUT2D eigenvalue weighted by molar-refractivity contribution is 5.26. The van der Waals surface area contributed by atoms with Crippen molar-refractivity contribution in [2.24, 2.45) is 46.3 Å². The van der Waals surface area contributed by atoms with Crippen LogP contribution >= 0.6 is 0 Å². The first-order valence-electron chi connectivity index (χ1n) is 22.8. The normalized spacial score (nSPS) is 57.7. The van der Waals surface area contributed by atoms with Crippen molar-refractivity contribution < 1.29 is 78.7 Å². The molecule has 0 aromatic carbocycles. The van der Waals surface area contributed by atoms with Gasteiger partial charge in [-0.05, 0) is 98.7 Å². The smallest absolute Gasteiger partial charge is 0.187 e. The van der Waals surface area contributed by atoms with Crippen LogP contribution in [0, 0.1) is 46.3 Å². The Morgan fingerprint density at radius 1 is 0.700 bits per heavy atom. The number of allylic oxidation sites excluding steroid dienone is 1. The van der Waals surface area contributed by atoms with Gasteiger partial charge in [0.25, 0.3) is 0 Å². The lowest BCUT2D eigenvalue weighted by Crippen LogP contribution is -2.65. The zero-order chi connectivity index (χ0) is 42.6. The number of hydrogen-bond donors (Lipinski definition) is 8. The van der Waals surface area contributed by atoms with Crippen molar-refractivity contribution in [2.75, 3.05) is 19.8 Å². The molecule has 0 aromatic rings. The van der Waals surface area contributed by atoms with E-state index in [2.05, 4.69) is 33.8 Å². The van der Waals surface area contributed by atoms with E-state index in [9.17, 15) is 40.9 Å². The van der Waals surface area contributed by atoms with Crippen LogP contribution in [-0.4, -0.2) is 165 Å². The van der Waals surface area contributed by atoms with Crippen LogP contribution in [0.2, 0.25) is 0 Å². The second kappa shape index (κ2) is 16.5. The first-order valence-corrected chi connectivity index (χ1v) is 22.8. The van der Waals surface area contributed by atoms with E-state index < -0.39 is 105 Å². The van der Waals surface area contributed by atoms with Gasteiger partial charge in [0, 0.05) is 12.3 Å². The van der Waals surface area contributed by atoms with Crippen LogP contribution < -0.4 is 0 Å². The van der Waals surface area contributed by atoms with Crippen LogP contribution in [0.3, 0.4) is 0 Å². The summed E-state index contributed by atoms with van der Waals surface area (Å²) in [7, 11) is 0. The minimum absolute atomic E-state index is 0.0141. The van der Waals surface area contributed by atoms with Gasteiger partial charge in [0.2, 0.25) is 0 Å². The summed E-state index contributed by atoms with van der Waals surface area (Å²) in [6.07, 6.45) is -8.79. The van der Waals surface area contributed by atoms with Gasteiger partial charge in [-0.3, -0.25) is 0 Å². The van der Waals surface area contributed by atoms with E-state index in [0.717, 1.165) is 45.1 Å².